The Morgan fingerprint density at radius 1 is 1.04 bits per heavy atom. The average Bonchev–Trinajstić information content (AvgIpc) is 2.65. The van der Waals surface area contributed by atoms with Gasteiger partial charge in [0.15, 0.2) is 0 Å². The third-order valence-corrected chi connectivity index (χ3v) is 5.00. The minimum atomic E-state index is -0.288. The van der Waals surface area contributed by atoms with Crippen molar-refractivity contribution in [1.82, 2.24) is 4.90 Å². The van der Waals surface area contributed by atoms with Gasteiger partial charge in [-0.15, -0.1) is 0 Å². The Kier molecular flexibility index (Phi) is 5.89. The van der Waals surface area contributed by atoms with Gasteiger partial charge in [0.25, 0.3) is 0 Å². The highest BCUT2D eigenvalue weighted by atomic mass is 19.1. The molecule has 138 valence electrons. The lowest BCUT2D eigenvalue weighted by Crippen LogP contribution is -2.44. The number of halogens is 1. The van der Waals surface area contributed by atoms with Crippen LogP contribution in [0.2, 0.25) is 0 Å². The van der Waals surface area contributed by atoms with Crippen LogP contribution in [-0.4, -0.2) is 44.0 Å². The van der Waals surface area contributed by atoms with Crippen molar-refractivity contribution in [3.05, 3.63) is 59.9 Å². The standard InChI is InChI=1S/C21H26FN3O/c1-3-20(16-4-6-17(22)7-5-16)21(26)23-18-8-10-19(11-9-18)25-14-12-24(2)13-15-25/h4-11,20H,3,12-15H2,1-2H3,(H,23,26). The molecule has 0 spiro atoms. The van der Waals surface area contributed by atoms with Gasteiger partial charge in [-0.2, -0.15) is 0 Å². The van der Waals surface area contributed by atoms with Crippen LogP contribution in [0.5, 0.6) is 0 Å². The number of benzene rings is 2. The first-order valence-corrected chi connectivity index (χ1v) is 9.16. The molecule has 1 unspecified atom stereocenters. The molecule has 0 saturated carbocycles. The molecule has 1 saturated heterocycles. The number of carbonyl (C=O) groups is 1. The average molecular weight is 355 g/mol. The molecule has 0 aliphatic carbocycles. The van der Waals surface area contributed by atoms with Crippen molar-refractivity contribution in [2.24, 2.45) is 0 Å². The molecule has 1 aliphatic heterocycles. The van der Waals surface area contributed by atoms with E-state index in [0.29, 0.717) is 6.42 Å². The van der Waals surface area contributed by atoms with E-state index in [4.69, 9.17) is 0 Å². The first-order chi connectivity index (χ1) is 12.6. The van der Waals surface area contributed by atoms with Crippen LogP contribution in [0.15, 0.2) is 48.5 Å². The maximum atomic E-state index is 13.1. The van der Waals surface area contributed by atoms with Gasteiger partial charge in [-0.3, -0.25) is 4.79 Å². The van der Waals surface area contributed by atoms with Crippen LogP contribution in [0.25, 0.3) is 0 Å². The van der Waals surface area contributed by atoms with Crippen molar-refractivity contribution in [1.29, 1.82) is 0 Å². The number of likely N-dealkylation sites (N-methyl/N-ethyl adjacent to an activating group) is 1. The zero-order valence-corrected chi connectivity index (χ0v) is 15.4. The van der Waals surface area contributed by atoms with Crippen molar-refractivity contribution in [2.75, 3.05) is 43.4 Å². The fourth-order valence-corrected chi connectivity index (χ4v) is 3.32. The van der Waals surface area contributed by atoms with Gasteiger partial charge < -0.3 is 15.1 Å². The predicted octanol–water partition coefficient (Wildman–Crippen LogP) is 3.71. The van der Waals surface area contributed by atoms with E-state index in [9.17, 15) is 9.18 Å². The molecule has 2 aromatic carbocycles. The molecule has 0 radical (unpaired) electrons. The SMILES string of the molecule is CCC(C(=O)Nc1ccc(N2CCN(C)CC2)cc1)c1ccc(F)cc1. The minimum absolute atomic E-state index is 0.0635. The maximum absolute atomic E-state index is 13.1. The van der Waals surface area contributed by atoms with Crippen molar-refractivity contribution in [3.8, 4) is 0 Å². The van der Waals surface area contributed by atoms with E-state index in [1.165, 1.54) is 17.8 Å². The maximum Gasteiger partial charge on any atom is 0.231 e. The lowest BCUT2D eigenvalue weighted by molar-refractivity contribution is -0.117. The fraction of sp³-hybridized carbons (Fsp3) is 0.381. The number of hydrogen-bond donors (Lipinski definition) is 1. The quantitative estimate of drug-likeness (QED) is 0.888. The van der Waals surface area contributed by atoms with Crippen LogP contribution < -0.4 is 10.2 Å². The van der Waals surface area contributed by atoms with E-state index >= 15 is 0 Å². The summed E-state index contributed by atoms with van der Waals surface area (Å²) in [7, 11) is 2.14. The number of nitrogens with one attached hydrogen (secondary N) is 1. The van der Waals surface area contributed by atoms with Crippen LogP contribution in [-0.2, 0) is 4.79 Å². The summed E-state index contributed by atoms with van der Waals surface area (Å²) in [5.41, 5.74) is 2.80. The van der Waals surface area contributed by atoms with Crippen LogP contribution in [0, 0.1) is 5.82 Å². The number of anilines is 2. The molecule has 3 rings (SSSR count). The molecule has 26 heavy (non-hydrogen) atoms. The van der Waals surface area contributed by atoms with E-state index < -0.39 is 0 Å². The highest BCUT2D eigenvalue weighted by Gasteiger charge is 2.19. The molecule has 0 bridgehead atoms. The molecule has 1 atom stereocenters. The van der Waals surface area contributed by atoms with E-state index in [2.05, 4.69) is 34.3 Å². The van der Waals surface area contributed by atoms with Crippen LogP contribution in [0.4, 0.5) is 15.8 Å². The molecule has 1 amide bonds. The Morgan fingerprint density at radius 2 is 1.65 bits per heavy atom. The molecule has 2 aromatic rings. The number of rotatable bonds is 5. The highest BCUT2D eigenvalue weighted by Crippen LogP contribution is 2.24. The van der Waals surface area contributed by atoms with Gasteiger partial charge in [0.05, 0.1) is 5.92 Å². The Bertz CT molecular complexity index is 722. The largest absolute Gasteiger partial charge is 0.369 e. The summed E-state index contributed by atoms with van der Waals surface area (Å²) in [6, 6.07) is 14.2. The van der Waals surface area contributed by atoms with Crippen molar-refractivity contribution in [2.45, 2.75) is 19.3 Å². The molecule has 5 heteroatoms. The summed E-state index contributed by atoms with van der Waals surface area (Å²) in [5, 5.41) is 2.98. The summed E-state index contributed by atoms with van der Waals surface area (Å²) in [6.07, 6.45) is 0.664. The second kappa shape index (κ2) is 8.32. The summed E-state index contributed by atoms with van der Waals surface area (Å²) in [4.78, 5) is 17.3. The second-order valence-corrected chi connectivity index (χ2v) is 6.84. The summed E-state index contributed by atoms with van der Waals surface area (Å²) >= 11 is 0. The molecule has 1 fully saturated rings. The molecule has 1 heterocycles. The number of nitrogens with zero attached hydrogens (tertiary/aromatic N) is 2. The zero-order valence-electron chi connectivity index (χ0n) is 15.4. The smallest absolute Gasteiger partial charge is 0.231 e. The molecular weight excluding hydrogens is 329 g/mol. The van der Waals surface area contributed by atoms with Crippen LogP contribution in [0.3, 0.4) is 0 Å². The normalized spacial score (nSPS) is 16.3. The van der Waals surface area contributed by atoms with Gasteiger partial charge >= 0.3 is 0 Å². The summed E-state index contributed by atoms with van der Waals surface area (Å²) in [5.74, 6) is -0.636. The van der Waals surface area contributed by atoms with Crippen molar-refractivity contribution < 1.29 is 9.18 Å². The predicted molar refractivity (Wildman–Crippen MR) is 104 cm³/mol. The number of amides is 1. The molecule has 4 nitrogen and oxygen atoms in total. The molecule has 1 aliphatic rings. The van der Waals surface area contributed by atoms with Gasteiger partial charge in [-0.25, -0.2) is 4.39 Å². The Labute approximate surface area is 154 Å². The second-order valence-electron chi connectivity index (χ2n) is 6.84. The first-order valence-electron chi connectivity index (χ1n) is 9.16. The molecule has 1 N–H and O–H groups in total. The molecule has 0 aromatic heterocycles. The Hall–Kier alpha value is -2.40. The number of hydrogen-bond acceptors (Lipinski definition) is 3. The fourth-order valence-electron chi connectivity index (χ4n) is 3.32. The Balaban J connectivity index is 1.64. The third kappa shape index (κ3) is 4.41. The van der Waals surface area contributed by atoms with Crippen molar-refractivity contribution >= 4 is 17.3 Å². The summed E-state index contributed by atoms with van der Waals surface area (Å²) in [6.45, 7) is 6.13. The van der Waals surface area contributed by atoms with Crippen LogP contribution >= 0.6 is 0 Å². The van der Waals surface area contributed by atoms with Gasteiger partial charge in [-0.05, 0) is 55.4 Å². The van der Waals surface area contributed by atoms with E-state index in [1.54, 1.807) is 12.1 Å². The zero-order chi connectivity index (χ0) is 18.5. The minimum Gasteiger partial charge on any atom is -0.369 e. The lowest BCUT2D eigenvalue weighted by Gasteiger charge is -2.34. The van der Waals surface area contributed by atoms with Gasteiger partial charge in [-0.1, -0.05) is 19.1 Å². The number of piperazine rings is 1. The topological polar surface area (TPSA) is 35.6 Å². The number of carbonyl (C=O) groups excluding carboxylic acids is 1. The Morgan fingerprint density at radius 3 is 2.23 bits per heavy atom. The molecular formula is C21H26FN3O. The highest BCUT2D eigenvalue weighted by molar-refractivity contribution is 5.95. The van der Waals surface area contributed by atoms with E-state index in [1.807, 2.05) is 19.1 Å². The first kappa shape index (κ1) is 18.4. The monoisotopic (exact) mass is 355 g/mol. The van der Waals surface area contributed by atoms with Gasteiger partial charge in [0.1, 0.15) is 5.82 Å². The van der Waals surface area contributed by atoms with Crippen LogP contribution in [0.1, 0.15) is 24.8 Å². The van der Waals surface area contributed by atoms with Gasteiger partial charge in [0.2, 0.25) is 5.91 Å². The lowest BCUT2D eigenvalue weighted by atomic mass is 9.95. The third-order valence-electron chi connectivity index (χ3n) is 5.00. The van der Waals surface area contributed by atoms with E-state index in [-0.39, 0.29) is 17.6 Å². The van der Waals surface area contributed by atoms with Crippen molar-refractivity contribution in [3.63, 3.8) is 0 Å². The van der Waals surface area contributed by atoms with Gasteiger partial charge in [0, 0.05) is 37.6 Å². The van der Waals surface area contributed by atoms with E-state index in [0.717, 1.165) is 37.4 Å². The summed E-state index contributed by atoms with van der Waals surface area (Å²) < 4.78 is 13.1.